The topological polar surface area (TPSA) is 46.5 Å². The largest absolute Gasteiger partial charge is 0.465 e. The maximum absolute atomic E-state index is 11.2. The van der Waals surface area contributed by atoms with Crippen LogP contribution in [-0.2, 0) is 11.2 Å². The van der Waals surface area contributed by atoms with Gasteiger partial charge in [0.2, 0.25) is 0 Å². The van der Waals surface area contributed by atoms with E-state index in [-0.39, 0.29) is 12.1 Å². The minimum atomic E-state index is -0.325. The molecule has 0 spiro atoms. The fourth-order valence-electron chi connectivity index (χ4n) is 1.35. The molecular formula is C12H16O3. The van der Waals surface area contributed by atoms with Crippen molar-refractivity contribution < 1.29 is 14.6 Å². The number of hydrogen-bond donors (Lipinski definition) is 1. The van der Waals surface area contributed by atoms with Crippen LogP contribution in [0.5, 0.6) is 0 Å². The Morgan fingerprint density at radius 2 is 2.27 bits per heavy atom. The van der Waals surface area contributed by atoms with E-state index < -0.39 is 0 Å². The molecule has 1 aromatic rings. The van der Waals surface area contributed by atoms with Crippen molar-refractivity contribution in [3.05, 3.63) is 35.4 Å². The normalized spacial score (nSPS) is 12.2. The molecule has 3 heteroatoms. The van der Waals surface area contributed by atoms with Crippen molar-refractivity contribution in [1.29, 1.82) is 0 Å². The molecule has 1 unspecified atom stereocenters. The highest BCUT2D eigenvalue weighted by Gasteiger charge is 2.05. The fraction of sp³-hybridized carbons (Fsp3) is 0.417. The van der Waals surface area contributed by atoms with Gasteiger partial charge >= 0.3 is 5.97 Å². The summed E-state index contributed by atoms with van der Waals surface area (Å²) in [5.41, 5.74) is 1.60. The molecule has 1 rings (SSSR count). The second-order valence-electron chi connectivity index (χ2n) is 3.58. The van der Waals surface area contributed by atoms with Crippen LogP contribution >= 0.6 is 0 Å². The number of benzene rings is 1. The third-order valence-corrected chi connectivity index (χ3v) is 2.20. The summed E-state index contributed by atoms with van der Waals surface area (Å²) in [5.74, 6) is -0.325. The van der Waals surface area contributed by atoms with E-state index in [1.54, 1.807) is 19.1 Å². The van der Waals surface area contributed by atoms with Gasteiger partial charge in [0.15, 0.2) is 0 Å². The van der Waals surface area contributed by atoms with Crippen molar-refractivity contribution in [2.75, 3.05) is 7.11 Å². The quantitative estimate of drug-likeness (QED) is 0.767. The molecule has 0 aliphatic carbocycles. The summed E-state index contributed by atoms with van der Waals surface area (Å²) in [4.78, 5) is 11.2. The molecule has 0 heterocycles. The van der Waals surface area contributed by atoms with Crippen molar-refractivity contribution in [1.82, 2.24) is 0 Å². The van der Waals surface area contributed by atoms with E-state index in [1.807, 2.05) is 12.1 Å². The minimum absolute atomic E-state index is 0.313. The van der Waals surface area contributed by atoms with E-state index in [0.29, 0.717) is 12.0 Å². The second kappa shape index (κ2) is 5.51. The summed E-state index contributed by atoms with van der Waals surface area (Å²) in [6.45, 7) is 1.75. The number of ether oxygens (including phenoxy) is 1. The van der Waals surface area contributed by atoms with Gasteiger partial charge in [-0.25, -0.2) is 4.79 Å². The smallest absolute Gasteiger partial charge is 0.337 e. The average molecular weight is 208 g/mol. The van der Waals surface area contributed by atoms with E-state index in [1.165, 1.54) is 7.11 Å². The van der Waals surface area contributed by atoms with E-state index in [4.69, 9.17) is 5.11 Å². The SMILES string of the molecule is COC(=O)c1cccc(CCC(C)O)c1. The molecule has 0 aliphatic heterocycles. The molecule has 3 nitrogen and oxygen atoms in total. The van der Waals surface area contributed by atoms with Crippen LogP contribution in [0.4, 0.5) is 0 Å². The first-order chi connectivity index (χ1) is 7.13. The second-order valence-corrected chi connectivity index (χ2v) is 3.58. The van der Waals surface area contributed by atoms with Crippen LogP contribution in [0.25, 0.3) is 0 Å². The number of hydrogen-bond acceptors (Lipinski definition) is 3. The molecule has 0 aliphatic rings. The van der Waals surface area contributed by atoms with E-state index in [2.05, 4.69) is 4.74 Å². The third kappa shape index (κ3) is 3.72. The fourth-order valence-corrected chi connectivity index (χ4v) is 1.35. The summed E-state index contributed by atoms with van der Waals surface area (Å²) in [7, 11) is 1.37. The molecule has 0 aromatic heterocycles. The highest BCUT2D eigenvalue weighted by Crippen LogP contribution is 2.09. The summed E-state index contributed by atoms with van der Waals surface area (Å²) >= 11 is 0. The third-order valence-electron chi connectivity index (χ3n) is 2.20. The van der Waals surface area contributed by atoms with Gasteiger partial charge in [-0.3, -0.25) is 0 Å². The highest BCUT2D eigenvalue weighted by atomic mass is 16.5. The average Bonchev–Trinajstić information content (AvgIpc) is 2.25. The van der Waals surface area contributed by atoms with Gasteiger partial charge in [0.25, 0.3) is 0 Å². The van der Waals surface area contributed by atoms with Gasteiger partial charge in [-0.05, 0) is 37.5 Å². The van der Waals surface area contributed by atoms with Crippen LogP contribution in [0.15, 0.2) is 24.3 Å². The molecular weight excluding hydrogens is 192 g/mol. The molecule has 1 atom stereocenters. The number of carbonyl (C=O) groups is 1. The summed E-state index contributed by atoms with van der Waals surface area (Å²) in [6.07, 6.45) is 1.15. The molecule has 0 fully saturated rings. The van der Waals surface area contributed by atoms with Crippen LogP contribution in [0.3, 0.4) is 0 Å². The lowest BCUT2D eigenvalue weighted by Crippen LogP contribution is -2.04. The van der Waals surface area contributed by atoms with Crippen LogP contribution in [0.1, 0.15) is 29.3 Å². The maximum Gasteiger partial charge on any atom is 0.337 e. The standard InChI is InChI=1S/C12H16O3/c1-9(13)6-7-10-4-3-5-11(8-10)12(14)15-2/h3-5,8-9,13H,6-7H2,1-2H3. The number of carbonyl (C=O) groups excluding carboxylic acids is 1. The van der Waals surface area contributed by atoms with Crippen molar-refractivity contribution in [2.24, 2.45) is 0 Å². The van der Waals surface area contributed by atoms with Crippen molar-refractivity contribution in [3.8, 4) is 0 Å². The van der Waals surface area contributed by atoms with E-state index >= 15 is 0 Å². The monoisotopic (exact) mass is 208 g/mol. The first-order valence-electron chi connectivity index (χ1n) is 4.99. The Balaban J connectivity index is 2.70. The number of aliphatic hydroxyl groups excluding tert-OH is 1. The first kappa shape index (κ1) is 11.7. The lowest BCUT2D eigenvalue weighted by molar-refractivity contribution is 0.0600. The molecule has 15 heavy (non-hydrogen) atoms. The zero-order valence-electron chi connectivity index (χ0n) is 9.06. The van der Waals surface area contributed by atoms with Crippen LogP contribution in [-0.4, -0.2) is 24.3 Å². The molecule has 0 bridgehead atoms. The number of rotatable bonds is 4. The Morgan fingerprint density at radius 3 is 2.87 bits per heavy atom. The van der Waals surface area contributed by atoms with Crippen LogP contribution in [0, 0.1) is 0 Å². The van der Waals surface area contributed by atoms with Crippen molar-refractivity contribution in [3.63, 3.8) is 0 Å². The van der Waals surface area contributed by atoms with Crippen molar-refractivity contribution in [2.45, 2.75) is 25.9 Å². The number of aliphatic hydroxyl groups is 1. The molecule has 1 aromatic carbocycles. The zero-order chi connectivity index (χ0) is 11.3. The van der Waals surface area contributed by atoms with Gasteiger partial charge in [0, 0.05) is 0 Å². The van der Waals surface area contributed by atoms with Gasteiger partial charge in [-0.1, -0.05) is 12.1 Å². The Kier molecular flexibility index (Phi) is 4.31. The van der Waals surface area contributed by atoms with E-state index in [0.717, 1.165) is 12.0 Å². The van der Waals surface area contributed by atoms with Crippen LogP contribution < -0.4 is 0 Å². The molecule has 0 saturated heterocycles. The summed E-state index contributed by atoms with van der Waals surface area (Å²) in [5, 5.41) is 9.15. The lowest BCUT2D eigenvalue weighted by Gasteiger charge is -2.05. The van der Waals surface area contributed by atoms with Gasteiger partial charge < -0.3 is 9.84 Å². The zero-order valence-corrected chi connectivity index (χ0v) is 9.06. The molecule has 1 N–H and O–H groups in total. The molecule has 0 radical (unpaired) electrons. The number of methoxy groups -OCH3 is 1. The van der Waals surface area contributed by atoms with Gasteiger partial charge in [-0.2, -0.15) is 0 Å². The minimum Gasteiger partial charge on any atom is -0.465 e. The predicted molar refractivity (Wildman–Crippen MR) is 57.8 cm³/mol. The van der Waals surface area contributed by atoms with Gasteiger partial charge in [-0.15, -0.1) is 0 Å². The van der Waals surface area contributed by atoms with Crippen molar-refractivity contribution >= 4 is 5.97 Å². The maximum atomic E-state index is 11.2. The summed E-state index contributed by atoms with van der Waals surface area (Å²) in [6, 6.07) is 7.28. The van der Waals surface area contributed by atoms with Gasteiger partial charge in [0.05, 0.1) is 18.8 Å². The van der Waals surface area contributed by atoms with E-state index in [9.17, 15) is 4.79 Å². The Labute approximate surface area is 89.7 Å². The molecule has 82 valence electrons. The number of esters is 1. The molecule has 0 amide bonds. The predicted octanol–water partition coefficient (Wildman–Crippen LogP) is 1.79. The summed E-state index contributed by atoms with van der Waals surface area (Å²) < 4.78 is 4.63. The highest BCUT2D eigenvalue weighted by molar-refractivity contribution is 5.89. The molecule has 0 saturated carbocycles. The lowest BCUT2D eigenvalue weighted by atomic mass is 10.0. The van der Waals surface area contributed by atoms with Crippen LogP contribution in [0.2, 0.25) is 0 Å². The Hall–Kier alpha value is -1.35. The number of aryl methyl sites for hydroxylation is 1. The Morgan fingerprint density at radius 1 is 1.53 bits per heavy atom. The first-order valence-corrected chi connectivity index (χ1v) is 4.99. The Bertz CT molecular complexity index is 331. The van der Waals surface area contributed by atoms with Gasteiger partial charge in [0.1, 0.15) is 0 Å².